The summed E-state index contributed by atoms with van der Waals surface area (Å²) in [5.41, 5.74) is 4.51. The van der Waals surface area contributed by atoms with Crippen molar-refractivity contribution in [2.24, 2.45) is 0 Å². The van der Waals surface area contributed by atoms with E-state index in [0.29, 0.717) is 25.4 Å². The van der Waals surface area contributed by atoms with Crippen molar-refractivity contribution < 1.29 is 28.9 Å². The highest BCUT2D eigenvalue weighted by atomic mass is 19.1. The molecule has 0 amide bonds. The molecule has 0 bridgehead atoms. The van der Waals surface area contributed by atoms with E-state index in [9.17, 15) is 14.0 Å². The molecule has 1 aliphatic heterocycles. The Balaban J connectivity index is 0.000000482. The zero-order valence-corrected chi connectivity index (χ0v) is 22.4. The molecule has 0 aromatic heterocycles. The van der Waals surface area contributed by atoms with E-state index < -0.39 is 11.9 Å². The number of carboxylic acid groups (broad SMARTS) is 2. The maximum atomic E-state index is 13.2. The fourth-order valence-electron chi connectivity index (χ4n) is 4.17. The van der Waals surface area contributed by atoms with Gasteiger partial charge < -0.3 is 14.9 Å². The Morgan fingerprint density at radius 2 is 1.40 bits per heavy atom. The van der Waals surface area contributed by atoms with E-state index in [2.05, 4.69) is 58.4 Å². The van der Waals surface area contributed by atoms with Gasteiger partial charge in [-0.1, -0.05) is 78.9 Å². The summed E-state index contributed by atoms with van der Waals surface area (Å²) >= 11 is 0. The molecule has 3 aromatic carbocycles. The molecule has 2 N–H and O–H groups in total. The lowest BCUT2D eigenvalue weighted by atomic mass is 10.0. The summed E-state index contributed by atoms with van der Waals surface area (Å²) < 4.78 is 19.3. The standard InChI is InChI=1S/C28H31FN2O.C4H4O4/c29-27-14-12-25(13-15-27)28-11-5-4-10-26(28)23-32-22-21-31-19-17-30(18-20-31)16-6-9-24-7-2-1-3-8-24;5-3(6)1-2-4(7)8/h1-15H,16-23H2;1-2H,(H,5,6)(H,7,8). The summed E-state index contributed by atoms with van der Waals surface area (Å²) in [5.74, 6) is -2.73. The van der Waals surface area contributed by atoms with Gasteiger partial charge in [0, 0.05) is 51.4 Å². The SMILES string of the molecule is Fc1ccc(-c2ccccc2COCCN2CCN(CC=Cc3ccccc3)CC2)cc1.O=C(O)C=CC(=O)O. The van der Waals surface area contributed by atoms with Gasteiger partial charge in [-0.3, -0.25) is 9.80 Å². The monoisotopic (exact) mass is 546 g/mol. The maximum absolute atomic E-state index is 13.2. The molecular weight excluding hydrogens is 511 g/mol. The molecule has 40 heavy (non-hydrogen) atoms. The second kappa shape index (κ2) is 16.8. The Morgan fingerprint density at radius 3 is 2.05 bits per heavy atom. The van der Waals surface area contributed by atoms with Crippen molar-refractivity contribution in [1.29, 1.82) is 0 Å². The third-order valence-corrected chi connectivity index (χ3v) is 6.29. The second-order valence-corrected chi connectivity index (χ2v) is 9.18. The van der Waals surface area contributed by atoms with Gasteiger partial charge in [0.25, 0.3) is 0 Å². The molecule has 1 aliphatic rings. The van der Waals surface area contributed by atoms with Crippen LogP contribution < -0.4 is 0 Å². The third kappa shape index (κ3) is 11.3. The number of benzene rings is 3. The van der Waals surface area contributed by atoms with Crippen LogP contribution in [0.25, 0.3) is 17.2 Å². The van der Waals surface area contributed by atoms with Crippen molar-refractivity contribution in [3.8, 4) is 11.1 Å². The van der Waals surface area contributed by atoms with Gasteiger partial charge in [0.15, 0.2) is 0 Å². The van der Waals surface area contributed by atoms with Gasteiger partial charge in [0.1, 0.15) is 5.82 Å². The molecule has 0 aliphatic carbocycles. The number of rotatable bonds is 11. The van der Waals surface area contributed by atoms with Crippen molar-refractivity contribution in [2.75, 3.05) is 45.9 Å². The first-order chi connectivity index (χ1) is 19.4. The Labute approximate surface area is 234 Å². The molecule has 8 heteroatoms. The van der Waals surface area contributed by atoms with Crippen LogP contribution in [-0.2, 0) is 20.9 Å². The van der Waals surface area contributed by atoms with E-state index in [-0.39, 0.29) is 5.82 Å². The lowest BCUT2D eigenvalue weighted by Crippen LogP contribution is -2.47. The summed E-state index contributed by atoms with van der Waals surface area (Å²) in [7, 11) is 0. The van der Waals surface area contributed by atoms with Gasteiger partial charge >= 0.3 is 11.9 Å². The third-order valence-electron chi connectivity index (χ3n) is 6.29. The average molecular weight is 547 g/mol. The predicted molar refractivity (Wildman–Crippen MR) is 154 cm³/mol. The minimum Gasteiger partial charge on any atom is -0.478 e. The number of piperazine rings is 1. The van der Waals surface area contributed by atoms with Crippen LogP contribution in [0.4, 0.5) is 4.39 Å². The van der Waals surface area contributed by atoms with E-state index in [0.717, 1.165) is 56.0 Å². The minimum absolute atomic E-state index is 0.213. The first kappa shape index (κ1) is 30.4. The van der Waals surface area contributed by atoms with Crippen LogP contribution in [0, 0.1) is 5.82 Å². The van der Waals surface area contributed by atoms with Gasteiger partial charge in [-0.05, 0) is 34.4 Å². The van der Waals surface area contributed by atoms with Gasteiger partial charge in [0.2, 0.25) is 0 Å². The summed E-state index contributed by atoms with van der Waals surface area (Å²) in [5, 5.41) is 15.6. The predicted octanol–water partition coefficient (Wildman–Crippen LogP) is 5.05. The Morgan fingerprint density at radius 1 is 0.800 bits per heavy atom. The molecular formula is C32H35FN2O5. The molecule has 0 radical (unpaired) electrons. The van der Waals surface area contributed by atoms with Crippen LogP contribution in [-0.4, -0.2) is 77.8 Å². The molecule has 0 saturated carbocycles. The molecule has 0 spiro atoms. The number of carbonyl (C=O) groups is 2. The Kier molecular flexibility index (Phi) is 12.8. The van der Waals surface area contributed by atoms with Crippen molar-refractivity contribution in [3.63, 3.8) is 0 Å². The summed E-state index contributed by atoms with van der Waals surface area (Å²) in [6, 6.07) is 25.3. The normalized spacial score (nSPS) is 14.2. The molecule has 0 atom stereocenters. The number of ether oxygens (including phenoxy) is 1. The molecule has 3 aromatic rings. The first-order valence-corrected chi connectivity index (χ1v) is 13.1. The number of halogens is 1. The largest absolute Gasteiger partial charge is 0.478 e. The van der Waals surface area contributed by atoms with E-state index >= 15 is 0 Å². The zero-order valence-electron chi connectivity index (χ0n) is 22.4. The molecule has 1 saturated heterocycles. The Bertz CT molecular complexity index is 1240. The van der Waals surface area contributed by atoms with Crippen LogP contribution in [0.1, 0.15) is 11.1 Å². The van der Waals surface area contributed by atoms with E-state index in [1.54, 1.807) is 0 Å². The highest BCUT2D eigenvalue weighted by Gasteiger charge is 2.15. The fourth-order valence-corrected chi connectivity index (χ4v) is 4.17. The minimum atomic E-state index is -1.26. The number of hydrogen-bond donors (Lipinski definition) is 2. The number of carboxylic acids is 2. The molecule has 210 valence electrons. The highest BCUT2D eigenvalue weighted by molar-refractivity contribution is 5.89. The number of aliphatic carboxylic acids is 2. The number of nitrogens with zero attached hydrogens (tertiary/aromatic N) is 2. The summed E-state index contributed by atoms with van der Waals surface area (Å²) in [4.78, 5) is 24.1. The molecule has 1 fully saturated rings. The van der Waals surface area contributed by atoms with Crippen LogP contribution in [0.15, 0.2) is 97.1 Å². The van der Waals surface area contributed by atoms with Gasteiger partial charge in [-0.25, -0.2) is 14.0 Å². The smallest absolute Gasteiger partial charge is 0.328 e. The van der Waals surface area contributed by atoms with Gasteiger partial charge in [-0.2, -0.15) is 0 Å². The lowest BCUT2D eigenvalue weighted by molar-refractivity contribution is -0.134. The van der Waals surface area contributed by atoms with Crippen molar-refractivity contribution in [3.05, 3.63) is 114 Å². The van der Waals surface area contributed by atoms with Crippen molar-refractivity contribution in [2.45, 2.75) is 6.61 Å². The quantitative estimate of drug-likeness (QED) is 0.257. The van der Waals surface area contributed by atoms with E-state index in [1.165, 1.54) is 17.7 Å². The van der Waals surface area contributed by atoms with Gasteiger partial charge in [0.05, 0.1) is 13.2 Å². The molecule has 7 nitrogen and oxygen atoms in total. The molecule has 4 rings (SSSR count). The van der Waals surface area contributed by atoms with Crippen LogP contribution in [0.5, 0.6) is 0 Å². The molecule has 0 unspecified atom stereocenters. The van der Waals surface area contributed by atoms with Crippen molar-refractivity contribution >= 4 is 18.0 Å². The second-order valence-electron chi connectivity index (χ2n) is 9.18. The lowest BCUT2D eigenvalue weighted by Gasteiger charge is -2.34. The first-order valence-electron chi connectivity index (χ1n) is 13.1. The van der Waals surface area contributed by atoms with Gasteiger partial charge in [-0.15, -0.1) is 0 Å². The van der Waals surface area contributed by atoms with Crippen LogP contribution in [0.2, 0.25) is 0 Å². The summed E-state index contributed by atoms with van der Waals surface area (Å²) in [6.07, 6.45) is 5.57. The Hall–Kier alpha value is -4.11. The average Bonchev–Trinajstić information content (AvgIpc) is 2.97. The fraction of sp³-hybridized carbons (Fsp3) is 0.250. The highest BCUT2D eigenvalue weighted by Crippen LogP contribution is 2.24. The van der Waals surface area contributed by atoms with Crippen molar-refractivity contribution in [1.82, 2.24) is 9.80 Å². The maximum Gasteiger partial charge on any atom is 0.328 e. The zero-order chi connectivity index (χ0) is 28.6. The van der Waals surface area contributed by atoms with Crippen LogP contribution in [0.3, 0.4) is 0 Å². The van der Waals surface area contributed by atoms with Crippen LogP contribution >= 0.6 is 0 Å². The van der Waals surface area contributed by atoms with E-state index in [1.807, 2.05) is 30.3 Å². The summed E-state index contributed by atoms with van der Waals surface area (Å²) in [6.45, 7) is 7.57. The molecule has 1 heterocycles. The number of hydrogen-bond acceptors (Lipinski definition) is 5. The topological polar surface area (TPSA) is 90.3 Å². The van der Waals surface area contributed by atoms with E-state index in [4.69, 9.17) is 14.9 Å².